The van der Waals surface area contributed by atoms with Crippen LogP contribution >= 0.6 is 0 Å². The number of nitrogens with zero attached hydrogens (tertiary/aromatic N) is 1. The fourth-order valence-corrected chi connectivity index (χ4v) is 1.33. The maximum atomic E-state index is 10.9. The molecule has 0 unspecified atom stereocenters. The summed E-state index contributed by atoms with van der Waals surface area (Å²) in [6, 6.07) is 7.29. The standard InChI is InChI=1S/C9H6N2O3.CH4/c12-9-5-4-6-7(10-9)2-1-3-8(6)11(13)14;/h1-5H,(H,10,12);1H4. The molecule has 5 heteroatoms. The van der Waals surface area contributed by atoms with E-state index in [1.54, 1.807) is 6.07 Å². The number of aromatic amines is 1. The highest BCUT2D eigenvalue weighted by Gasteiger charge is 2.10. The molecular formula is C10H10N2O3. The first kappa shape index (κ1) is 10.9. The lowest BCUT2D eigenvalue weighted by molar-refractivity contribution is -0.383. The number of benzene rings is 1. The van der Waals surface area contributed by atoms with E-state index in [2.05, 4.69) is 4.98 Å². The highest BCUT2D eigenvalue weighted by atomic mass is 16.6. The molecule has 0 bridgehead atoms. The number of nitrogens with one attached hydrogen (secondary N) is 1. The summed E-state index contributed by atoms with van der Waals surface area (Å²) in [7, 11) is 0. The Balaban J connectivity index is 0.00000112. The Kier molecular flexibility index (Phi) is 2.85. The Morgan fingerprint density at radius 2 is 1.93 bits per heavy atom. The van der Waals surface area contributed by atoms with Gasteiger partial charge in [0, 0.05) is 12.1 Å². The van der Waals surface area contributed by atoms with Crippen molar-refractivity contribution in [1.82, 2.24) is 4.98 Å². The monoisotopic (exact) mass is 206 g/mol. The largest absolute Gasteiger partial charge is 0.322 e. The van der Waals surface area contributed by atoms with Gasteiger partial charge < -0.3 is 4.98 Å². The Morgan fingerprint density at radius 1 is 1.20 bits per heavy atom. The van der Waals surface area contributed by atoms with Crippen molar-refractivity contribution in [2.45, 2.75) is 7.43 Å². The van der Waals surface area contributed by atoms with Crippen molar-refractivity contribution in [3.8, 4) is 0 Å². The molecule has 0 aliphatic rings. The molecular weight excluding hydrogens is 196 g/mol. The number of nitro benzene ring substituents is 1. The zero-order valence-corrected chi connectivity index (χ0v) is 7.06. The predicted octanol–water partition coefficient (Wildman–Crippen LogP) is 2.07. The van der Waals surface area contributed by atoms with Crippen LogP contribution < -0.4 is 5.56 Å². The highest BCUT2D eigenvalue weighted by molar-refractivity contribution is 5.87. The Labute approximate surface area is 85.5 Å². The van der Waals surface area contributed by atoms with Crippen molar-refractivity contribution in [1.29, 1.82) is 0 Å². The summed E-state index contributed by atoms with van der Waals surface area (Å²) in [6.07, 6.45) is 0. The van der Waals surface area contributed by atoms with E-state index in [9.17, 15) is 14.9 Å². The molecule has 0 amide bonds. The molecule has 0 fully saturated rings. The molecule has 0 radical (unpaired) electrons. The molecule has 0 saturated heterocycles. The minimum absolute atomic E-state index is 0. The second-order valence-corrected chi connectivity index (χ2v) is 2.82. The zero-order chi connectivity index (χ0) is 10.1. The fourth-order valence-electron chi connectivity index (χ4n) is 1.33. The van der Waals surface area contributed by atoms with Gasteiger partial charge in [-0.05, 0) is 12.1 Å². The van der Waals surface area contributed by atoms with Crippen LogP contribution in [0.4, 0.5) is 5.69 Å². The van der Waals surface area contributed by atoms with Crippen LogP contribution in [0.2, 0.25) is 0 Å². The van der Waals surface area contributed by atoms with Crippen molar-refractivity contribution in [2.75, 3.05) is 0 Å². The molecule has 1 aromatic carbocycles. The fraction of sp³-hybridized carbons (Fsp3) is 0.100. The molecule has 15 heavy (non-hydrogen) atoms. The van der Waals surface area contributed by atoms with E-state index >= 15 is 0 Å². The van der Waals surface area contributed by atoms with Crippen LogP contribution in [-0.4, -0.2) is 9.91 Å². The first-order valence-electron chi connectivity index (χ1n) is 3.95. The smallest absolute Gasteiger partial charge is 0.278 e. The molecule has 1 heterocycles. The SMILES string of the molecule is C.O=c1ccc2c([N+](=O)[O-])cccc2[nH]1. The van der Waals surface area contributed by atoms with Crippen LogP contribution in [0, 0.1) is 10.1 Å². The normalized spacial score (nSPS) is 9.60. The third-order valence-corrected chi connectivity index (χ3v) is 1.94. The minimum atomic E-state index is -0.472. The van der Waals surface area contributed by atoms with E-state index in [4.69, 9.17) is 0 Å². The summed E-state index contributed by atoms with van der Waals surface area (Å²) < 4.78 is 0. The van der Waals surface area contributed by atoms with Gasteiger partial charge in [0.05, 0.1) is 15.8 Å². The maximum Gasteiger partial charge on any atom is 0.278 e. The summed E-state index contributed by atoms with van der Waals surface area (Å²) in [5.41, 5.74) is 0.212. The third kappa shape index (κ3) is 1.85. The average molecular weight is 206 g/mol. The topological polar surface area (TPSA) is 76.0 Å². The van der Waals surface area contributed by atoms with Crippen LogP contribution in [0.3, 0.4) is 0 Å². The number of hydrogen-bond acceptors (Lipinski definition) is 3. The minimum Gasteiger partial charge on any atom is -0.322 e. The van der Waals surface area contributed by atoms with Crippen LogP contribution in [0.5, 0.6) is 0 Å². The predicted molar refractivity (Wildman–Crippen MR) is 58.0 cm³/mol. The van der Waals surface area contributed by atoms with E-state index in [-0.39, 0.29) is 18.7 Å². The summed E-state index contributed by atoms with van der Waals surface area (Å²) in [4.78, 5) is 23.6. The van der Waals surface area contributed by atoms with Crippen LogP contribution in [0.25, 0.3) is 10.9 Å². The molecule has 5 nitrogen and oxygen atoms in total. The number of pyridine rings is 1. The molecule has 0 saturated carbocycles. The summed E-state index contributed by atoms with van der Waals surface area (Å²) in [6.45, 7) is 0. The van der Waals surface area contributed by atoms with Gasteiger partial charge in [0.25, 0.3) is 5.69 Å². The van der Waals surface area contributed by atoms with Crippen molar-refractivity contribution < 1.29 is 4.92 Å². The Morgan fingerprint density at radius 3 is 2.60 bits per heavy atom. The van der Waals surface area contributed by atoms with Crippen LogP contribution in [-0.2, 0) is 0 Å². The number of rotatable bonds is 1. The van der Waals surface area contributed by atoms with E-state index in [1.165, 1.54) is 24.3 Å². The van der Waals surface area contributed by atoms with E-state index < -0.39 is 4.92 Å². The Hall–Kier alpha value is -2.17. The molecule has 2 rings (SSSR count). The van der Waals surface area contributed by atoms with Gasteiger partial charge in [-0.25, -0.2) is 0 Å². The van der Waals surface area contributed by atoms with Gasteiger partial charge in [0.1, 0.15) is 0 Å². The number of nitro groups is 1. The summed E-state index contributed by atoms with van der Waals surface area (Å²) >= 11 is 0. The molecule has 1 aromatic heterocycles. The number of fused-ring (bicyclic) bond motifs is 1. The van der Waals surface area contributed by atoms with Gasteiger partial charge in [0.2, 0.25) is 5.56 Å². The first-order chi connectivity index (χ1) is 6.68. The Bertz CT molecular complexity index is 560. The van der Waals surface area contributed by atoms with Crippen LogP contribution in [0.1, 0.15) is 7.43 Å². The van der Waals surface area contributed by atoms with Gasteiger partial charge in [0.15, 0.2) is 0 Å². The van der Waals surface area contributed by atoms with E-state index in [0.717, 1.165) is 0 Å². The summed E-state index contributed by atoms with van der Waals surface area (Å²) in [5.74, 6) is 0. The maximum absolute atomic E-state index is 10.9. The lowest BCUT2D eigenvalue weighted by Gasteiger charge is -1.97. The average Bonchev–Trinajstić information content (AvgIpc) is 2.16. The molecule has 0 aliphatic heterocycles. The van der Waals surface area contributed by atoms with E-state index in [1.807, 2.05) is 0 Å². The number of aromatic nitrogens is 1. The number of H-pyrrole nitrogens is 1. The molecule has 78 valence electrons. The first-order valence-corrected chi connectivity index (χ1v) is 3.95. The van der Waals surface area contributed by atoms with Crippen molar-refractivity contribution in [3.05, 3.63) is 50.8 Å². The third-order valence-electron chi connectivity index (χ3n) is 1.94. The highest BCUT2D eigenvalue weighted by Crippen LogP contribution is 2.21. The number of non-ortho nitro benzene ring substituents is 1. The van der Waals surface area contributed by atoms with E-state index in [0.29, 0.717) is 10.9 Å². The van der Waals surface area contributed by atoms with Gasteiger partial charge in [-0.1, -0.05) is 13.5 Å². The van der Waals surface area contributed by atoms with Gasteiger partial charge in [-0.15, -0.1) is 0 Å². The van der Waals surface area contributed by atoms with Crippen LogP contribution in [0.15, 0.2) is 35.1 Å². The second-order valence-electron chi connectivity index (χ2n) is 2.82. The second kappa shape index (κ2) is 3.91. The molecule has 1 N–H and O–H groups in total. The zero-order valence-electron chi connectivity index (χ0n) is 7.06. The number of hydrogen-bond donors (Lipinski definition) is 1. The lowest BCUT2D eigenvalue weighted by Crippen LogP contribution is -2.03. The van der Waals surface area contributed by atoms with Crippen molar-refractivity contribution in [3.63, 3.8) is 0 Å². The van der Waals surface area contributed by atoms with Gasteiger partial charge in [-0.2, -0.15) is 0 Å². The van der Waals surface area contributed by atoms with Gasteiger partial charge >= 0.3 is 0 Å². The summed E-state index contributed by atoms with van der Waals surface area (Å²) in [5, 5.41) is 11.1. The quantitative estimate of drug-likeness (QED) is 0.573. The van der Waals surface area contributed by atoms with Gasteiger partial charge in [-0.3, -0.25) is 14.9 Å². The molecule has 0 spiro atoms. The van der Waals surface area contributed by atoms with Crippen molar-refractivity contribution >= 4 is 16.6 Å². The molecule has 0 aliphatic carbocycles. The molecule has 0 atom stereocenters. The lowest BCUT2D eigenvalue weighted by atomic mass is 10.2. The molecule has 2 aromatic rings. The van der Waals surface area contributed by atoms with Crippen molar-refractivity contribution in [2.24, 2.45) is 0 Å².